The second-order valence-corrected chi connectivity index (χ2v) is 6.38. The van der Waals surface area contributed by atoms with Gasteiger partial charge in [0, 0.05) is 11.3 Å². The minimum Gasteiger partial charge on any atom is -0.327 e. The molecule has 1 aliphatic heterocycles. The van der Waals surface area contributed by atoms with E-state index < -0.39 is 0 Å². The SMILES string of the molecule is O=C1NC(/C=C/c2ccccc2)=C(c2ccccc2)[C@@H](c2ccccc2)N1. The number of urea groups is 1. The van der Waals surface area contributed by atoms with Crippen LogP contribution in [-0.2, 0) is 0 Å². The highest BCUT2D eigenvalue weighted by atomic mass is 16.2. The molecule has 132 valence electrons. The summed E-state index contributed by atoms with van der Waals surface area (Å²) in [7, 11) is 0. The molecule has 1 heterocycles. The van der Waals surface area contributed by atoms with E-state index in [0.29, 0.717) is 0 Å². The quantitative estimate of drug-likeness (QED) is 0.668. The largest absolute Gasteiger partial charge is 0.327 e. The molecule has 3 aromatic carbocycles. The summed E-state index contributed by atoms with van der Waals surface area (Å²) in [4.78, 5) is 12.4. The Bertz CT molecular complexity index is 977. The molecule has 3 nitrogen and oxygen atoms in total. The van der Waals surface area contributed by atoms with Crippen molar-refractivity contribution in [2.75, 3.05) is 0 Å². The summed E-state index contributed by atoms with van der Waals surface area (Å²) in [5.74, 6) is 0. The number of hydrogen-bond acceptors (Lipinski definition) is 1. The summed E-state index contributed by atoms with van der Waals surface area (Å²) < 4.78 is 0. The second kappa shape index (κ2) is 7.75. The summed E-state index contributed by atoms with van der Waals surface area (Å²) in [6.07, 6.45) is 4.00. The topological polar surface area (TPSA) is 41.1 Å². The molecule has 2 N–H and O–H groups in total. The number of rotatable bonds is 4. The van der Waals surface area contributed by atoms with E-state index >= 15 is 0 Å². The van der Waals surface area contributed by atoms with E-state index in [1.807, 2.05) is 91.0 Å². The van der Waals surface area contributed by atoms with Crippen molar-refractivity contribution in [3.05, 3.63) is 119 Å². The highest BCUT2D eigenvalue weighted by Gasteiger charge is 2.28. The Morgan fingerprint density at radius 1 is 0.704 bits per heavy atom. The van der Waals surface area contributed by atoms with Gasteiger partial charge in [0.25, 0.3) is 0 Å². The minimum absolute atomic E-state index is 0.198. The number of hydrogen-bond donors (Lipinski definition) is 2. The molecule has 2 amide bonds. The number of amides is 2. The van der Waals surface area contributed by atoms with E-state index in [1.165, 1.54) is 0 Å². The molecule has 0 spiro atoms. The van der Waals surface area contributed by atoms with Crippen LogP contribution in [0.1, 0.15) is 22.7 Å². The maximum atomic E-state index is 12.4. The van der Waals surface area contributed by atoms with E-state index in [1.54, 1.807) is 0 Å². The van der Waals surface area contributed by atoms with E-state index in [4.69, 9.17) is 0 Å². The molecule has 0 unspecified atom stereocenters. The predicted molar refractivity (Wildman–Crippen MR) is 110 cm³/mol. The molecule has 4 rings (SSSR count). The van der Waals surface area contributed by atoms with Crippen LogP contribution in [0.25, 0.3) is 11.6 Å². The van der Waals surface area contributed by atoms with Crippen molar-refractivity contribution in [3.63, 3.8) is 0 Å². The van der Waals surface area contributed by atoms with Crippen molar-refractivity contribution >= 4 is 17.7 Å². The van der Waals surface area contributed by atoms with Gasteiger partial charge in [-0.2, -0.15) is 0 Å². The van der Waals surface area contributed by atoms with Crippen LogP contribution in [0, 0.1) is 0 Å². The molecule has 0 bridgehead atoms. The number of carbonyl (C=O) groups excluding carboxylic acids is 1. The van der Waals surface area contributed by atoms with Crippen molar-refractivity contribution in [1.29, 1.82) is 0 Å². The first kappa shape index (κ1) is 16.9. The third-order valence-corrected chi connectivity index (χ3v) is 4.56. The molecule has 3 heteroatoms. The van der Waals surface area contributed by atoms with Crippen LogP contribution in [0.2, 0.25) is 0 Å². The van der Waals surface area contributed by atoms with Gasteiger partial charge >= 0.3 is 6.03 Å². The van der Waals surface area contributed by atoms with Gasteiger partial charge in [0.15, 0.2) is 0 Å². The molecule has 0 saturated carbocycles. The molecule has 27 heavy (non-hydrogen) atoms. The maximum absolute atomic E-state index is 12.4. The van der Waals surface area contributed by atoms with Crippen LogP contribution in [-0.4, -0.2) is 6.03 Å². The molecule has 3 aromatic rings. The molecule has 0 radical (unpaired) electrons. The van der Waals surface area contributed by atoms with Gasteiger partial charge < -0.3 is 10.6 Å². The van der Waals surface area contributed by atoms with Crippen LogP contribution < -0.4 is 10.6 Å². The fourth-order valence-electron chi connectivity index (χ4n) is 3.30. The van der Waals surface area contributed by atoms with Gasteiger partial charge in [-0.15, -0.1) is 0 Å². The molecule has 0 aliphatic carbocycles. The second-order valence-electron chi connectivity index (χ2n) is 6.38. The summed E-state index contributed by atoms with van der Waals surface area (Å²) >= 11 is 0. The van der Waals surface area contributed by atoms with Gasteiger partial charge in [0.2, 0.25) is 0 Å². The zero-order valence-electron chi connectivity index (χ0n) is 14.8. The van der Waals surface area contributed by atoms with Crippen LogP contribution >= 0.6 is 0 Å². The zero-order valence-corrected chi connectivity index (χ0v) is 14.8. The molecule has 1 aliphatic rings. The Hall–Kier alpha value is -3.59. The number of nitrogens with one attached hydrogen (secondary N) is 2. The highest BCUT2D eigenvalue weighted by molar-refractivity contribution is 5.90. The van der Waals surface area contributed by atoms with E-state index in [-0.39, 0.29) is 12.1 Å². The normalized spacial score (nSPS) is 16.9. The molecular formula is C24H20N2O. The number of benzene rings is 3. The third kappa shape index (κ3) is 3.82. The van der Waals surface area contributed by atoms with Crippen LogP contribution in [0.4, 0.5) is 4.79 Å². The summed E-state index contributed by atoms with van der Waals surface area (Å²) in [5.41, 5.74) is 5.07. The Morgan fingerprint density at radius 3 is 1.96 bits per heavy atom. The number of carbonyl (C=O) groups is 1. The summed E-state index contributed by atoms with van der Waals surface area (Å²) in [6, 6.07) is 29.9. The lowest BCUT2D eigenvalue weighted by molar-refractivity contribution is 0.240. The van der Waals surface area contributed by atoms with Gasteiger partial charge in [-0.05, 0) is 22.8 Å². The molecule has 0 aromatic heterocycles. The minimum atomic E-state index is -0.210. The number of allylic oxidation sites excluding steroid dienone is 1. The monoisotopic (exact) mass is 352 g/mol. The molecule has 0 fully saturated rings. The average Bonchev–Trinajstić information content (AvgIpc) is 2.74. The Morgan fingerprint density at radius 2 is 1.30 bits per heavy atom. The fraction of sp³-hybridized carbons (Fsp3) is 0.0417. The van der Waals surface area contributed by atoms with Gasteiger partial charge in [-0.1, -0.05) is 97.1 Å². The van der Waals surface area contributed by atoms with Crippen molar-refractivity contribution in [1.82, 2.24) is 10.6 Å². The molecule has 0 saturated heterocycles. The van der Waals surface area contributed by atoms with Gasteiger partial charge in [-0.25, -0.2) is 4.79 Å². The van der Waals surface area contributed by atoms with Gasteiger partial charge in [0.05, 0.1) is 6.04 Å². The van der Waals surface area contributed by atoms with Crippen molar-refractivity contribution in [2.24, 2.45) is 0 Å². The third-order valence-electron chi connectivity index (χ3n) is 4.56. The standard InChI is InChI=1S/C24H20N2O/c27-24-25-21(17-16-18-10-4-1-5-11-18)22(19-12-6-2-7-13-19)23(26-24)20-14-8-3-9-15-20/h1-17,23H,(H2,25,26,27)/b17-16+/t23-/m1/s1. The Labute approximate surface area is 159 Å². The van der Waals surface area contributed by atoms with E-state index in [2.05, 4.69) is 22.8 Å². The van der Waals surface area contributed by atoms with Crippen LogP contribution in [0.15, 0.2) is 103 Å². The van der Waals surface area contributed by atoms with E-state index in [0.717, 1.165) is 28.0 Å². The maximum Gasteiger partial charge on any atom is 0.320 e. The first-order chi connectivity index (χ1) is 13.3. The van der Waals surface area contributed by atoms with Crippen molar-refractivity contribution in [2.45, 2.75) is 6.04 Å². The van der Waals surface area contributed by atoms with Crippen LogP contribution in [0.5, 0.6) is 0 Å². The van der Waals surface area contributed by atoms with Crippen molar-refractivity contribution in [3.8, 4) is 0 Å². The van der Waals surface area contributed by atoms with E-state index in [9.17, 15) is 4.79 Å². The Kier molecular flexibility index (Phi) is 4.84. The predicted octanol–water partition coefficient (Wildman–Crippen LogP) is 5.17. The first-order valence-electron chi connectivity index (χ1n) is 8.96. The average molecular weight is 352 g/mol. The van der Waals surface area contributed by atoms with Gasteiger partial charge in [0.1, 0.15) is 0 Å². The smallest absolute Gasteiger partial charge is 0.320 e. The highest BCUT2D eigenvalue weighted by Crippen LogP contribution is 2.34. The lowest BCUT2D eigenvalue weighted by Gasteiger charge is -2.30. The van der Waals surface area contributed by atoms with Crippen LogP contribution in [0.3, 0.4) is 0 Å². The first-order valence-corrected chi connectivity index (χ1v) is 8.96. The fourth-order valence-corrected chi connectivity index (χ4v) is 3.30. The molecule has 1 atom stereocenters. The van der Waals surface area contributed by atoms with Crippen molar-refractivity contribution < 1.29 is 4.79 Å². The lowest BCUT2D eigenvalue weighted by atomic mass is 9.89. The molecular weight excluding hydrogens is 332 g/mol. The Balaban J connectivity index is 1.84. The summed E-state index contributed by atoms with van der Waals surface area (Å²) in [6.45, 7) is 0. The lowest BCUT2D eigenvalue weighted by Crippen LogP contribution is -2.43. The zero-order chi connectivity index (χ0) is 18.5. The van der Waals surface area contributed by atoms with Gasteiger partial charge in [-0.3, -0.25) is 0 Å². The summed E-state index contributed by atoms with van der Waals surface area (Å²) in [5, 5.41) is 6.05.